The van der Waals surface area contributed by atoms with Crippen LogP contribution in [0.5, 0.6) is 0 Å². The van der Waals surface area contributed by atoms with Crippen LogP contribution in [-0.4, -0.2) is 11.8 Å². The summed E-state index contributed by atoms with van der Waals surface area (Å²) < 4.78 is 4.71. The highest BCUT2D eigenvalue weighted by Crippen LogP contribution is 2.11. The zero-order valence-electron chi connectivity index (χ0n) is 8.12. The molecule has 3 nitrogen and oxygen atoms in total. The molecule has 0 N–H and O–H groups in total. The lowest BCUT2D eigenvalue weighted by atomic mass is 10.2. The summed E-state index contributed by atoms with van der Waals surface area (Å²) in [6.07, 6.45) is 0. The van der Waals surface area contributed by atoms with E-state index < -0.39 is 5.97 Å². The maximum Gasteiger partial charge on any atom is 0.343 e. The van der Waals surface area contributed by atoms with Crippen LogP contribution in [0, 0.1) is 0 Å². The van der Waals surface area contributed by atoms with E-state index in [0.717, 1.165) is 0 Å². The molecule has 0 aliphatic heterocycles. The predicted octanol–water partition coefficient (Wildman–Crippen LogP) is 2.60. The van der Waals surface area contributed by atoms with Crippen molar-refractivity contribution < 1.29 is 14.3 Å². The Morgan fingerprint density at radius 2 is 1.80 bits per heavy atom. The van der Waals surface area contributed by atoms with Crippen molar-refractivity contribution in [3.63, 3.8) is 0 Å². The molecule has 0 saturated carbocycles. The lowest BCUT2D eigenvalue weighted by Gasteiger charge is -2.03. The SMILES string of the molecule is C=C(OC(=O)c1ccc(Cl)cc1)C(C)=O. The Balaban J connectivity index is 2.74. The van der Waals surface area contributed by atoms with E-state index >= 15 is 0 Å². The third-order valence-corrected chi connectivity index (χ3v) is 1.94. The van der Waals surface area contributed by atoms with Crippen LogP contribution in [0.4, 0.5) is 0 Å². The first-order valence-electron chi connectivity index (χ1n) is 4.18. The van der Waals surface area contributed by atoms with Crippen molar-refractivity contribution in [2.75, 3.05) is 0 Å². The fraction of sp³-hybridized carbons (Fsp3) is 0.0909. The van der Waals surface area contributed by atoms with E-state index in [1.807, 2.05) is 0 Å². The fourth-order valence-corrected chi connectivity index (χ4v) is 0.955. The monoisotopic (exact) mass is 224 g/mol. The Morgan fingerprint density at radius 3 is 2.27 bits per heavy atom. The van der Waals surface area contributed by atoms with Crippen LogP contribution in [0.15, 0.2) is 36.6 Å². The summed E-state index contributed by atoms with van der Waals surface area (Å²) in [6.45, 7) is 4.59. The van der Waals surface area contributed by atoms with Gasteiger partial charge in [-0.3, -0.25) is 4.79 Å². The standard InChI is InChI=1S/C11H9ClO3/c1-7(13)8(2)15-11(14)9-3-5-10(12)6-4-9/h3-6H,2H2,1H3. The molecule has 78 valence electrons. The first-order valence-corrected chi connectivity index (χ1v) is 4.56. The van der Waals surface area contributed by atoms with Crippen LogP contribution >= 0.6 is 11.6 Å². The average molecular weight is 225 g/mol. The van der Waals surface area contributed by atoms with Crippen molar-refractivity contribution in [1.29, 1.82) is 0 Å². The Kier molecular flexibility index (Phi) is 3.63. The molecule has 0 saturated heterocycles. The number of hydrogen-bond acceptors (Lipinski definition) is 3. The predicted molar refractivity (Wildman–Crippen MR) is 56.7 cm³/mol. The summed E-state index contributed by atoms with van der Waals surface area (Å²) in [5.41, 5.74) is 0.321. The maximum atomic E-state index is 11.4. The number of ketones is 1. The fourth-order valence-electron chi connectivity index (χ4n) is 0.829. The molecule has 15 heavy (non-hydrogen) atoms. The summed E-state index contributed by atoms with van der Waals surface area (Å²) in [5, 5.41) is 0.525. The zero-order chi connectivity index (χ0) is 11.4. The minimum absolute atomic E-state index is 0.171. The largest absolute Gasteiger partial charge is 0.420 e. The van der Waals surface area contributed by atoms with Crippen LogP contribution in [0.3, 0.4) is 0 Å². The molecule has 0 aliphatic rings. The Hall–Kier alpha value is -1.61. The van der Waals surface area contributed by atoms with Gasteiger partial charge in [0, 0.05) is 11.9 Å². The molecule has 0 radical (unpaired) electrons. The molecule has 1 aromatic carbocycles. The molecule has 0 fully saturated rings. The molecule has 1 rings (SSSR count). The molecule has 0 atom stereocenters. The van der Waals surface area contributed by atoms with Gasteiger partial charge in [-0.2, -0.15) is 0 Å². The summed E-state index contributed by atoms with van der Waals surface area (Å²) in [4.78, 5) is 22.2. The number of carbonyl (C=O) groups is 2. The maximum absolute atomic E-state index is 11.4. The number of hydrogen-bond donors (Lipinski definition) is 0. The second-order valence-corrected chi connectivity index (χ2v) is 3.31. The van der Waals surface area contributed by atoms with Gasteiger partial charge in [-0.1, -0.05) is 18.2 Å². The zero-order valence-corrected chi connectivity index (χ0v) is 8.88. The quantitative estimate of drug-likeness (QED) is 0.450. The molecule has 0 spiro atoms. The molecule has 0 unspecified atom stereocenters. The van der Waals surface area contributed by atoms with E-state index in [-0.39, 0.29) is 11.5 Å². The molecule has 0 amide bonds. The van der Waals surface area contributed by atoms with Crippen LogP contribution in [-0.2, 0) is 9.53 Å². The van der Waals surface area contributed by atoms with Gasteiger partial charge in [-0.05, 0) is 24.3 Å². The highest BCUT2D eigenvalue weighted by Gasteiger charge is 2.11. The van der Waals surface area contributed by atoms with Gasteiger partial charge in [-0.25, -0.2) is 4.79 Å². The first kappa shape index (κ1) is 11.5. The van der Waals surface area contributed by atoms with Gasteiger partial charge in [0.2, 0.25) is 0 Å². The highest BCUT2D eigenvalue weighted by atomic mass is 35.5. The van der Waals surface area contributed by atoms with Gasteiger partial charge in [-0.15, -0.1) is 0 Å². The number of esters is 1. The van der Waals surface area contributed by atoms with E-state index in [2.05, 4.69) is 6.58 Å². The summed E-state index contributed by atoms with van der Waals surface area (Å²) in [6, 6.07) is 6.15. The second-order valence-electron chi connectivity index (χ2n) is 2.88. The van der Waals surface area contributed by atoms with Crippen molar-refractivity contribution in [1.82, 2.24) is 0 Å². The van der Waals surface area contributed by atoms with Crippen molar-refractivity contribution >= 4 is 23.4 Å². The van der Waals surface area contributed by atoms with E-state index in [1.54, 1.807) is 12.1 Å². The third kappa shape index (κ3) is 3.22. The van der Waals surface area contributed by atoms with E-state index in [1.165, 1.54) is 19.1 Å². The lowest BCUT2D eigenvalue weighted by molar-refractivity contribution is -0.116. The summed E-state index contributed by atoms with van der Waals surface area (Å²) >= 11 is 5.65. The number of Topliss-reactive ketones (excluding diaryl/α,β-unsaturated/α-hetero) is 1. The molecule has 1 aromatic rings. The van der Waals surface area contributed by atoms with Crippen molar-refractivity contribution in [3.8, 4) is 0 Å². The van der Waals surface area contributed by atoms with Crippen LogP contribution in [0.25, 0.3) is 0 Å². The summed E-state index contributed by atoms with van der Waals surface area (Å²) in [7, 11) is 0. The van der Waals surface area contributed by atoms with E-state index in [9.17, 15) is 9.59 Å². The lowest BCUT2D eigenvalue weighted by Crippen LogP contribution is -2.08. The van der Waals surface area contributed by atoms with Crippen molar-refractivity contribution in [2.24, 2.45) is 0 Å². The second kappa shape index (κ2) is 4.75. The van der Waals surface area contributed by atoms with Crippen molar-refractivity contribution in [2.45, 2.75) is 6.92 Å². The van der Waals surface area contributed by atoms with E-state index in [4.69, 9.17) is 16.3 Å². The Morgan fingerprint density at radius 1 is 1.27 bits per heavy atom. The first-order chi connectivity index (χ1) is 7.00. The Labute approximate surface area is 92.3 Å². The minimum atomic E-state index is -0.619. The van der Waals surface area contributed by atoms with Crippen molar-refractivity contribution in [3.05, 3.63) is 47.2 Å². The van der Waals surface area contributed by atoms with Gasteiger partial charge in [0.25, 0.3) is 0 Å². The molecular formula is C11H9ClO3. The molecule has 0 aromatic heterocycles. The molecular weight excluding hydrogens is 216 g/mol. The van der Waals surface area contributed by atoms with E-state index in [0.29, 0.717) is 10.6 Å². The number of halogens is 1. The Bertz CT molecular complexity index is 406. The van der Waals surface area contributed by atoms with Crippen LogP contribution in [0.2, 0.25) is 5.02 Å². The molecule has 0 aliphatic carbocycles. The molecule has 4 heteroatoms. The van der Waals surface area contributed by atoms with Crippen LogP contribution < -0.4 is 0 Å². The summed E-state index contributed by atoms with van der Waals surface area (Å²) in [5.74, 6) is -1.17. The normalized spacial score (nSPS) is 9.47. The average Bonchev–Trinajstić information content (AvgIpc) is 2.18. The number of rotatable bonds is 3. The number of allylic oxidation sites excluding steroid dienone is 1. The number of ether oxygens (including phenoxy) is 1. The minimum Gasteiger partial charge on any atom is -0.420 e. The highest BCUT2D eigenvalue weighted by molar-refractivity contribution is 6.30. The van der Waals surface area contributed by atoms with Gasteiger partial charge in [0.1, 0.15) is 0 Å². The van der Waals surface area contributed by atoms with Gasteiger partial charge in [0.05, 0.1) is 5.56 Å². The number of benzene rings is 1. The smallest absolute Gasteiger partial charge is 0.343 e. The third-order valence-electron chi connectivity index (χ3n) is 1.69. The van der Waals surface area contributed by atoms with Gasteiger partial charge in [0.15, 0.2) is 11.5 Å². The van der Waals surface area contributed by atoms with Crippen LogP contribution in [0.1, 0.15) is 17.3 Å². The molecule has 0 heterocycles. The van der Waals surface area contributed by atoms with Gasteiger partial charge < -0.3 is 4.74 Å². The van der Waals surface area contributed by atoms with Gasteiger partial charge >= 0.3 is 5.97 Å². The number of carbonyl (C=O) groups excluding carboxylic acids is 2. The topological polar surface area (TPSA) is 43.4 Å². The molecule has 0 bridgehead atoms.